The molecule has 1 heterocycles. The van der Waals surface area contributed by atoms with Crippen LogP contribution >= 0.6 is 0 Å². The van der Waals surface area contributed by atoms with Crippen molar-refractivity contribution in [3.8, 4) is 0 Å². The van der Waals surface area contributed by atoms with Crippen LogP contribution in [0.25, 0.3) is 0 Å². The van der Waals surface area contributed by atoms with E-state index in [1.165, 1.54) is 5.56 Å². The number of rotatable bonds is 7. The molecule has 1 fully saturated rings. The number of ether oxygens (including phenoxy) is 2. The summed E-state index contributed by atoms with van der Waals surface area (Å²) in [5, 5.41) is 0. The second-order valence-electron chi connectivity index (χ2n) is 7.96. The number of esters is 1. The first-order chi connectivity index (χ1) is 11.8. The highest BCUT2D eigenvalue weighted by Gasteiger charge is 2.45. The van der Waals surface area contributed by atoms with Crippen molar-refractivity contribution < 1.29 is 14.3 Å². The van der Waals surface area contributed by atoms with Crippen molar-refractivity contribution in [2.45, 2.75) is 63.6 Å². The van der Waals surface area contributed by atoms with E-state index >= 15 is 0 Å². The van der Waals surface area contributed by atoms with Gasteiger partial charge in [0.05, 0.1) is 12.0 Å². The minimum atomic E-state index is -0.209. The second-order valence-corrected chi connectivity index (χ2v) is 7.96. The zero-order valence-electron chi connectivity index (χ0n) is 16.4. The fourth-order valence-electron chi connectivity index (χ4n) is 3.96. The van der Waals surface area contributed by atoms with E-state index in [1.807, 2.05) is 32.0 Å². The van der Waals surface area contributed by atoms with Gasteiger partial charge in [-0.3, -0.25) is 4.79 Å². The van der Waals surface area contributed by atoms with Crippen molar-refractivity contribution >= 4 is 5.97 Å². The quantitative estimate of drug-likeness (QED) is 0.704. The number of hydrogen-bond acceptors (Lipinski definition) is 4. The average Bonchev–Trinajstić information content (AvgIpc) is 2.54. The summed E-state index contributed by atoms with van der Waals surface area (Å²) in [6.45, 7) is 7.68. The normalized spacial score (nSPS) is 27.9. The third kappa shape index (κ3) is 5.29. The van der Waals surface area contributed by atoms with Crippen LogP contribution in [0.2, 0.25) is 0 Å². The van der Waals surface area contributed by atoms with Crippen LogP contribution in [0.15, 0.2) is 30.3 Å². The van der Waals surface area contributed by atoms with Crippen molar-refractivity contribution in [2.75, 3.05) is 27.2 Å². The van der Waals surface area contributed by atoms with Crippen molar-refractivity contribution in [3.05, 3.63) is 35.9 Å². The van der Waals surface area contributed by atoms with E-state index in [2.05, 4.69) is 38.1 Å². The Hall–Kier alpha value is -1.39. The molecule has 1 aromatic rings. The molecule has 4 nitrogen and oxygen atoms in total. The van der Waals surface area contributed by atoms with Gasteiger partial charge in [-0.1, -0.05) is 37.3 Å². The second kappa shape index (κ2) is 8.33. The number of likely N-dealkylation sites (N-methyl/N-ethyl adjacent to an activating group) is 1. The predicted octanol–water partition coefficient (Wildman–Crippen LogP) is 3.79. The molecule has 1 aliphatic rings. The molecule has 1 aromatic carbocycles. The molecule has 0 radical (unpaired) electrons. The lowest BCUT2D eigenvalue weighted by Crippen LogP contribution is -2.47. The summed E-state index contributed by atoms with van der Waals surface area (Å²) in [6.07, 6.45) is 2.94. The SMILES string of the molecule is CC[C@@]1(C)C[C@](CC(=O)O[C@H](C)CN(C)C)(c2ccccc2)CCO1. The van der Waals surface area contributed by atoms with Crippen LogP contribution < -0.4 is 0 Å². The van der Waals surface area contributed by atoms with E-state index in [4.69, 9.17) is 9.47 Å². The number of carbonyl (C=O) groups excluding carboxylic acids is 1. The maximum absolute atomic E-state index is 12.7. The molecule has 3 atom stereocenters. The molecule has 0 aromatic heterocycles. The summed E-state index contributed by atoms with van der Waals surface area (Å²) >= 11 is 0. The smallest absolute Gasteiger partial charge is 0.307 e. The summed E-state index contributed by atoms with van der Waals surface area (Å²) in [4.78, 5) is 14.7. The van der Waals surface area contributed by atoms with Gasteiger partial charge in [-0.2, -0.15) is 0 Å². The first kappa shape index (κ1) is 19.9. The molecule has 0 bridgehead atoms. The number of nitrogens with zero attached hydrogens (tertiary/aromatic N) is 1. The minimum Gasteiger partial charge on any atom is -0.461 e. The van der Waals surface area contributed by atoms with Crippen molar-refractivity contribution in [2.24, 2.45) is 0 Å². The Balaban J connectivity index is 2.20. The van der Waals surface area contributed by atoms with Crippen LogP contribution in [0, 0.1) is 0 Å². The fraction of sp³-hybridized carbons (Fsp3) is 0.667. The molecular formula is C21H33NO3. The van der Waals surface area contributed by atoms with Gasteiger partial charge in [0.2, 0.25) is 0 Å². The average molecular weight is 347 g/mol. The Labute approximate surface area is 152 Å². The molecule has 4 heteroatoms. The minimum absolute atomic E-state index is 0.104. The lowest BCUT2D eigenvalue weighted by atomic mass is 9.66. The molecule has 0 unspecified atom stereocenters. The maximum Gasteiger partial charge on any atom is 0.307 e. The zero-order valence-corrected chi connectivity index (χ0v) is 16.4. The summed E-state index contributed by atoms with van der Waals surface area (Å²) in [5.41, 5.74) is 0.818. The molecule has 2 rings (SSSR count). The molecule has 1 aliphatic heterocycles. The summed E-state index contributed by atoms with van der Waals surface area (Å²) < 4.78 is 11.7. The molecular weight excluding hydrogens is 314 g/mol. The topological polar surface area (TPSA) is 38.8 Å². The highest BCUT2D eigenvalue weighted by molar-refractivity contribution is 5.72. The highest BCUT2D eigenvalue weighted by atomic mass is 16.5. The Morgan fingerprint density at radius 3 is 2.60 bits per heavy atom. The van der Waals surface area contributed by atoms with Crippen LogP contribution in [0.5, 0.6) is 0 Å². The maximum atomic E-state index is 12.7. The van der Waals surface area contributed by atoms with Gasteiger partial charge in [0.1, 0.15) is 6.10 Å². The first-order valence-corrected chi connectivity index (χ1v) is 9.32. The van der Waals surface area contributed by atoms with Gasteiger partial charge in [-0.25, -0.2) is 0 Å². The first-order valence-electron chi connectivity index (χ1n) is 9.32. The Morgan fingerprint density at radius 2 is 2.00 bits per heavy atom. The molecule has 25 heavy (non-hydrogen) atoms. The highest BCUT2D eigenvalue weighted by Crippen LogP contribution is 2.45. The molecule has 140 valence electrons. The summed E-state index contributed by atoms with van der Waals surface area (Å²) in [6, 6.07) is 10.4. The summed E-state index contributed by atoms with van der Waals surface area (Å²) in [5.74, 6) is -0.112. The number of benzene rings is 1. The van der Waals surface area contributed by atoms with Crippen molar-refractivity contribution in [1.29, 1.82) is 0 Å². The largest absolute Gasteiger partial charge is 0.461 e. The summed E-state index contributed by atoms with van der Waals surface area (Å²) in [7, 11) is 3.97. The third-order valence-corrected chi connectivity index (χ3v) is 5.32. The van der Waals surface area contributed by atoms with Crippen LogP contribution in [0.1, 0.15) is 52.0 Å². The number of hydrogen-bond donors (Lipinski definition) is 0. The van der Waals surface area contributed by atoms with Gasteiger partial charge >= 0.3 is 5.97 Å². The molecule has 0 saturated carbocycles. The van der Waals surface area contributed by atoms with Gasteiger partial charge in [-0.05, 0) is 52.8 Å². The Morgan fingerprint density at radius 1 is 1.32 bits per heavy atom. The molecule has 0 spiro atoms. The predicted molar refractivity (Wildman–Crippen MR) is 101 cm³/mol. The fourth-order valence-corrected chi connectivity index (χ4v) is 3.96. The van der Waals surface area contributed by atoms with Crippen LogP contribution in [-0.4, -0.2) is 49.8 Å². The van der Waals surface area contributed by atoms with Crippen LogP contribution in [-0.2, 0) is 19.7 Å². The van der Waals surface area contributed by atoms with Crippen LogP contribution in [0.4, 0.5) is 0 Å². The van der Waals surface area contributed by atoms with E-state index in [1.54, 1.807) is 0 Å². The molecule has 0 N–H and O–H groups in total. The van der Waals surface area contributed by atoms with Gasteiger partial charge in [0, 0.05) is 18.6 Å². The third-order valence-electron chi connectivity index (χ3n) is 5.32. The van der Waals surface area contributed by atoms with Crippen molar-refractivity contribution in [3.63, 3.8) is 0 Å². The Kier molecular flexibility index (Phi) is 6.64. The van der Waals surface area contributed by atoms with Gasteiger partial charge < -0.3 is 14.4 Å². The number of carbonyl (C=O) groups is 1. The van der Waals surface area contributed by atoms with Gasteiger partial charge in [0.25, 0.3) is 0 Å². The molecule has 1 saturated heterocycles. The lowest BCUT2D eigenvalue weighted by molar-refractivity contribution is -0.154. The van der Waals surface area contributed by atoms with E-state index in [9.17, 15) is 4.79 Å². The lowest BCUT2D eigenvalue weighted by Gasteiger charge is -2.46. The molecule has 0 aliphatic carbocycles. The Bertz CT molecular complexity index is 560. The van der Waals surface area contributed by atoms with E-state index in [-0.39, 0.29) is 23.1 Å². The van der Waals surface area contributed by atoms with Crippen LogP contribution in [0.3, 0.4) is 0 Å². The standard InChI is InChI=1S/C21H33NO3/c1-6-20(3)16-21(12-13-24-20,18-10-8-7-9-11-18)14-19(23)25-17(2)15-22(4)5/h7-11,17H,6,12-16H2,1-5H3/t17-,20+,21+/m1/s1. The monoisotopic (exact) mass is 347 g/mol. The zero-order chi connectivity index (χ0) is 18.5. The molecule has 0 amide bonds. The van der Waals surface area contributed by atoms with E-state index < -0.39 is 0 Å². The van der Waals surface area contributed by atoms with Gasteiger partial charge in [-0.15, -0.1) is 0 Å². The van der Waals surface area contributed by atoms with E-state index in [0.717, 1.165) is 25.8 Å². The van der Waals surface area contributed by atoms with Gasteiger partial charge in [0.15, 0.2) is 0 Å². The van der Waals surface area contributed by atoms with E-state index in [0.29, 0.717) is 13.0 Å². The van der Waals surface area contributed by atoms with Crippen molar-refractivity contribution in [1.82, 2.24) is 4.90 Å².